The number of pyridine rings is 1. The SMILES string of the molecule is CCC(N)(CC)c1ncc(-c2ccccn2)[nH]1. The van der Waals surface area contributed by atoms with Crippen molar-refractivity contribution in [3.8, 4) is 11.4 Å². The summed E-state index contributed by atoms with van der Waals surface area (Å²) in [5.74, 6) is 0.836. The fourth-order valence-electron chi connectivity index (χ4n) is 1.81. The van der Waals surface area contributed by atoms with Gasteiger partial charge in [0.1, 0.15) is 5.82 Å². The number of hydrogen-bond donors (Lipinski definition) is 2. The normalized spacial score (nSPS) is 11.7. The number of H-pyrrole nitrogens is 1. The Kier molecular flexibility index (Phi) is 3.24. The van der Waals surface area contributed by atoms with Crippen molar-refractivity contribution in [1.29, 1.82) is 0 Å². The summed E-state index contributed by atoms with van der Waals surface area (Å²) in [6, 6.07) is 5.80. The third kappa shape index (κ3) is 2.22. The molecule has 0 amide bonds. The van der Waals surface area contributed by atoms with Gasteiger partial charge < -0.3 is 10.7 Å². The summed E-state index contributed by atoms with van der Waals surface area (Å²) in [4.78, 5) is 11.9. The number of nitrogens with two attached hydrogens (primary N) is 1. The highest BCUT2D eigenvalue weighted by molar-refractivity contribution is 5.52. The van der Waals surface area contributed by atoms with Crippen molar-refractivity contribution in [2.45, 2.75) is 32.2 Å². The van der Waals surface area contributed by atoms with Crippen LogP contribution in [-0.4, -0.2) is 15.0 Å². The van der Waals surface area contributed by atoms with E-state index in [2.05, 4.69) is 28.8 Å². The molecule has 90 valence electrons. The van der Waals surface area contributed by atoms with E-state index in [0.29, 0.717) is 0 Å². The van der Waals surface area contributed by atoms with Crippen LogP contribution in [0.3, 0.4) is 0 Å². The number of nitrogens with zero attached hydrogens (tertiary/aromatic N) is 2. The van der Waals surface area contributed by atoms with Crippen molar-refractivity contribution >= 4 is 0 Å². The Labute approximate surface area is 101 Å². The molecule has 0 radical (unpaired) electrons. The van der Waals surface area contributed by atoms with E-state index in [4.69, 9.17) is 5.73 Å². The van der Waals surface area contributed by atoms with Gasteiger partial charge in [-0.25, -0.2) is 4.98 Å². The minimum atomic E-state index is -0.368. The maximum absolute atomic E-state index is 6.30. The number of rotatable bonds is 4. The van der Waals surface area contributed by atoms with Gasteiger partial charge >= 0.3 is 0 Å². The second-order valence-corrected chi connectivity index (χ2v) is 4.22. The summed E-state index contributed by atoms with van der Waals surface area (Å²) in [5.41, 5.74) is 7.73. The molecule has 0 bridgehead atoms. The molecule has 0 atom stereocenters. The summed E-state index contributed by atoms with van der Waals surface area (Å²) < 4.78 is 0. The molecule has 0 aromatic carbocycles. The van der Waals surface area contributed by atoms with Crippen LogP contribution in [0.15, 0.2) is 30.6 Å². The summed E-state index contributed by atoms with van der Waals surface area (Å²) in [6.07, 6.45) is 5.28. The van der Waals surface area contributed by atoms with Crippen LogP contribution in [0.4, 0.5) is 0 Å². The minimum Gasteiger partial charge on any atom is -0.339 e. The largest absolute Gasteiger partial charge is 0.339 e. The van der Waals surface area contributed by atoms with Gasteiger partial charge in [0.15, 0.2) is 0 Å². The van der Waals surface area contributed by atoms with Gasteiger partial charge in [-0.3, -0.25) is 4.98 Å². The van der Waals surface area contributed by atoms with Gasteiger partial charge in [0.25, 0.3) is 0 Å². The molecule has 0 aliphatic carbocycles. The van der Waals surface area contributed by atoms with Gasteiger partial charge in [-0.1, -0.05) is 19.9 Å². The number of aromatic nitrogens is 3. The van der Waals surface area contributed by atoms with Crippen LogP contribution in [0.5, 0.6) is 0 Å². The molecule has 0 aliphatic heterocycles. The molecular weight excluding hydrogens is 212 g/mol. The van der Waals surface area contributed by atoms with Gasteiger partial charge in [0, 0.05) is 6.20 Å². The van der Waals surface area contributed by atoms with Crippen LogP contribution >= 0.6 is 0 Å². The lowest BCUT2D eigenvalue weighted by Gasteiger charge is -2.23. The summed E-state index contributed by atoms with van der Waals surface area (Å²) in [6.45, 7) is 4.15. The summed E-state index contributed by atoms with van der Waals surface area (Å²) in [7, 11) is 0. The van der Waals surface area contributed by atoms with Gasteiger partial charge in [-0.05, 0) is 25.0 Å². The van der Waals surface area contributed by atoms with Crippen molar-refractivity contribution < 1.29 is 0 Å². The molecule has 0 unspecified atom stereocenters. The molecule has 2 aromatic heterocycles. The molecule has 3 N–H and O–H groups in total. The average Bonchev–Trinajstić information content (AvgIpc) is 2.89. The Morgan fingerprint density at radius 1 is 1.24 bits per heavy atom. The molecule has 0 fully saturated rings. The number of imidazole rings is 1. The molecule has 4 heteroatoms. The highest BCUT2D eigenvalue weighted by Crippen LogP contribution is 2.25. The molecule has 2 aromatic rings. The van der Waals surface area contributed by atoms with Crippen molar-refractivity contribution in [3.63, 3.8) is 0 Å². The third-order valence-electron chi connectivity index (χ3n) is 3.25. The number of aromatic amines is 1. The van der Waals surface area contributed by atoms with E-state index in [1.807, 2.05) is 18.2 Å². The zero-order chi connectivity index (χ0) is 12.3. The molecule has 0 aliphatic rings. The zero-order valence-electron chi connectivity index (χ0n) is 10.3. The predicted molar refractivity (Wildman–Crippen MR) is 68.3 cm³/mol. The van der Waals surface area contributed by atoms with Crippen LogP contribution in [-0.2, 0) is 5.54 Å². The lowest BCUT2D eigenvalue weighted by molar-refractivity contribution is 0.391. The second-order valence-electron chi connectivity index (χ2n) is 4.22. The van der Waals surface area contributed by atoms with Crippen molar-refractivity contribution in [3.05, 3.63) is 36.4 Å². The maximum atomic E-state index is 6.30. The van der Waals surface area contributed by atoms with E-state index in [0.717, 1.165) is 30.1 Å². The van der Waals surface area contributed by atoms with Crippen LogP contribution < -0.4 is 5.73 Å². The standard InChI is InChI=1S/C13H18N4/c1-3-13(14,4-2)12-16-9-11(17-12)10-7-5-6-8-15-10/h5-9H,3-4,14H2,1-2H3,(H,16,17). The third-order valence-corrected chi connectivity index (χ3v) is 3.25. The van der Waals surface area contributed by atoms with Gasteiger partial charge in [0.05, 0.1) is 23.1 Å². The second kappa shape index (κ2) is 4.67. The molecular formula is C13H18N4. The fourth-order valence-corrected chi connectivity index (χ4v) is 1.81. The van der Waals surface area contributed by atoms with Crippen molar-refractivity contribution in [2.75, 3.05) is 0 Å². The first kappa shape index (κ1) is 11.8. The topological polar surface area (TPSA) is 67.6 Å². The lowest BCUT2D eigenvalue weighted by Crippen LogP contribution is -2.36. The van der Waals surface area contributed by atoms with Crippen LogP contribution in [0.25, 0.3) is 11.4 Å². The highest BCUT2D eigenvalue weighted by Gasteiger charge is 2.26. The Balaban J connectivity index is 2.34. The van der Waals surface area contributed by atoms with E-state index in [9.17, 15) is 0 Å². The first-order valence-corrected chi connectivity index (χ1v) is 5.95. The Morgan fingerprint density at radius 2 is 2.00 bits per heavy atom. The molecule has 17 heavy (non-hydrogen) atoms. The summed E-state index contributed by atoms with van der Waals surface area (Å²) >= 11 is 0. The predicted octanol–water partition coefficient (Wildman–Crippen LogP) is 2.45. The van der Waals surface area contributed by atoms with Gasteiger partial charge in [0.2, 0.25) is 0 Å². The Bertz CT molecular complexity index is 471. The van der Waals surface area contributed by atoms with Crippen molar-refractivity contribution in [1.82, 2.24) is 15.0 Å². The zero-order valence-corrected chi connectivity index (χ0v) is 10.3. The maximum Gasteiger partial charge on any atom is 0.126 e. The van der Waals surface area contributed by atoms with Crippen LogP contribution in [0.1, 0.15) is 32.5 Å². The quantitative estimate of drug-likeness (QED) is 0.847. The average molecular weight is 230 g/mol. The Morgan fingerprint density at radius 3 is 2.59 bits per heavy atom. The fraction of sp³-hybridized carbons (Fsp3) is 0.385. The monoisotopic (exact) mass is 230 g/mol. The molecule has 0 spiro atoms. The highest BCUT2D eigenvalue weighted by atomic mass is 15.0. The molecule has 2 rings (SSSR count). The van der Waals surface area contributed by atoms with Gasteiger partial charge in [-0.15, -0.1) is 0 Å². The van der Waals surface area contributed by atoms with Crippen LogP contribution in [0, 0.1) is 0 Å². The van der Waals surface area contributed by atoms with Crippen LogP contribution in [0.2, 0.25) is 0 Å². The van der Waals surface area contributed by atoms with E-state index in [1.165, 1.54) is 0 Å². The number of nitrogens with one attached hydrogen (secondary N) is 1. The minimum absolute atomic E-state index is 0.368. The van der Waals surface area contributed by atoms with E-state index in [1.54, 1.807) is 12.4 Å². The van der Waals surface area contributed by atoms with E-state index in [-0.39, 0.29) is 5.54 Å². The first-order chi connectivity index (χ1) is 8.19. The molecule has 0 saturated heterocycles. The van der Waals surface area contributed by atoms with E-state index >= 15 is 0 Å². The van der Waals surface area contributed by atoms with Crippen molar-refractivity contribution in [2.24, 2.45) is 5.73 Å². The first-order valence-electron chi connectivity index (χ1n) is 5.95. The summed E-state index contributed by atoms with van der Waals surface area (Å²) in [5, 5.41) is 0. The molecule has 2 heterocycles. The van der Waals surface area contributed by atoms with E-state index < -0.39 is 0 Å². The Hall–Kier alpha value is -1.68. The molecule has 0 saturated carbocycles. The lowest BCUT2D eigenvalue weighted by atomic mass is 9.93. The smallest absolute Gasteiger partial charge is 0.126 e. The number of hydrogen-bond acceptors (Lipinski definition) is 3. The van der Waals surface area contributed by atoms with Gasteiger partial charge in [-0.2, -0.15) is 0 Å². The molecule has 4 nitrogen and oxygen atoms in total.